The topological polar surface area (TPSA) is 85.2 Å². The number of aromatic hydroxyl groups is 1. The zero-order chi connectivity index (χ0) is 13.2. The highest BCUT2D eigenvalue weighted by molar-refractivity contribution is 5.56. The number of phenolic OH excluding ortho intramolecular Hbond substituents is 1. The molecule has 2 rings (SSSR count). The Bertz CT molecular complexity index is 529. The van der Waals surface area contributed by atoms with Crippen LogP contribution in [0.15, 0.2) is 28.8 Å². The lowest BCUT2D eigenvalue weighted by Gasteiger charge is -2.16. The number of nitrogens with two attached hydrogens (primary N) is 1. The molecule has 0 amide bonds. The number of hydrogen-bond acceptors (Lipinski definition) is 5. The summed E-state index contributed by atoms with van der Waals surface area (Å²) < 4.78 is 5.16. The molecule has 1 aromatic carbocycles. The zero-order valence-electron chi connectivity index (χ0n) is 10.6. The predicted octanol–water partition coefficient (Wildman–Crippen LogP) is 2.11. The van der Waals surface area contributed by atoms with E-state index in [1.807, 2.05) is 19.9 Å². The van der Waals surface area contributed by atoms with Gasteiger partial charge < -0.3 is 15.4 Å². The van der Waals surface area contributed by atoms with Crippen LogP contribution < -0.4 is 5.73 Å². The fourth-order valence-electron chi connectivity index (χ4n) is 1.55. The Morgan fingerprint density at radius 3 is 2.83 bits per heavy atom. The maximum absolute atomic E-state index is 9.39. The Balaban J connectivity index is 2.11. The van der Waals surface area contributed by atoms with Gasteiger partial charge in [0.2, 0.25) is 11.7 Å². The van der Waals surface area contributed by atoms with E-state index >= 15 is 0 Å². The summed E-state index contributed by atoms with van der Waals surface area (Å²) in [5, 5.41) is 13.3. The quantitative estimate of drug-likeness (QED) is 0.864. The van der Waals surface area contributed by atoms with E-state index in [1.54, 1.807) is 18.2 Å². The lowest BCUT2D eigenvalue weighted by molar-refractivity contribution is 0.358. The number of aryl methyl sites for hydroxylation is 1. The number of rotatable bonds is 4. The Morgan fingerprint density at radius 1 is 1.39 bits per heavy atom. The maximum Gasteiger partial charge on any atom is 0.227 e. The average molecular weight is 247 g/mol. The van der Waals surface area contributed by atoms with Crippen LogP contribution in [0.4, 0.5) is 0 Å². The minimum absolute atomic E-state index is 0.182. The molecule has 2 aromatic rings. The van der Waals surface area contributed by atoms with Gasteiger partial charge in [0.15, 0.2) is 0 Å². The standard InChI is InChI=1S/C13H17N3O2/c1-13(2,14)7-6-11-15-12(16-18-11)9-4-3-5-10(17)8-9/h3-5,8,17H,6-7,14H2,1-2H3. The first-order chi connectivity index (χ1) is 8.44. The summed E-state index contributed by atoms with van der Waals surface area (Å²) in [5.41, 5.74) is 6.38. The first kappa shape index (κ1) is 12.6. The second-order valence-electron chi connectivity index (χ2n) is 5.05. The van der Waals surface area contributed by atoms with Crippen molar-refractivity contribution < 1.29 is 9.63 Å². The normalized spacial score (nSPS) is 11.7. The van der Waals surface area contributed by atoms with E-state index in [4.69, 9.17) is 10.3 Å². The van der Waals surface area contributed by atoms with Crippen molar-refractivity contribution in [3.63, 3.8) is 0 Å². The van der Waals surface area contributed by atoms with Gasteiger partial charge in [-0.1, -0.05) is 17.3 Å². The Kier molecular flexibility index (Phi) is 3.34. The molecule has 0 spiro atoms. The van der Waals surface area contributed by atoms with Crippen LogP contribution in [-0.4, -0.2) is 20.8 Å². The lowest BCUT2D eigenvalue weighted by atomic mass is 10.0. The molecule has 0 radical (unpaired) electrons. The van der Waals surface area contributed by atoms with E-state index in [-0.39, 0.29) is 11.3 Å². The van der Waals surface area contributed by atoms with Crippen LogP contribution in [-0.2, 0) is 6.42 Å². The molecule has 18 heavy (non-hydrogen) atoms. The molecule has 0 aliphatic rings. The van der Waals surface area contributed by atoms with Gasteiger partial charge in [-0.3, -0.25) is 0 Å². The molecule has 5 nitrogen and oxygen atoms in total. The van der Waals surface area contributed by atoms with E-state index in [2.05, 4.69) is 10.1 Å². The summed E-state index contributed by atoms with van der Waals surface area (Å²) in [4.78, 5) is 4.28. The van der Waals surface area contributed by atoms with E-state index in [0.29, 0.717) is 18.1 Å². The van der Waals surface area contributed by atoms with Crippen LogP contribution >= 0.6 is 0 Å². The van der Waals surface area contributed by atoms with Crippen molar-refractivity contribution >= 4 is 0 Å². The van der Waals surface area contributed by atoms with Crippen molar-refractivity contribution in [2.45, 2.75) is 32.2 Å². The number of phenols is 1. The zero-order valence-corrected chi connectivity index (χ0v) is 10.6. The highest BCUT2D eigenvalue weighted by Gasteiger charge is 2.14. The van der Waals surface area contributed by atoms with E-state index in [9.17, 15) is 5.11 Å². The highest BCUT2D eigenvalue weighted by atomic mass is 16.5. The largest absolute Gasteiger partial charge is 0.508 e. The SMILES string of the molecule is CC(C)(N)CCc1nc(-c2cccc(O)c2)no1. The molecule has 0 aliphatic heterocycles. The number of aromatic nitrogens is 2. The third-order valence-electron chi connectivity index (χ3n) is 2.56. The molecule has 0 saturated carbocycles. The Morgan fingerprint density at radius 2 is 2.17 bits per heavy atom. The van der Waals surface area contributed by atoms with Gasteiger partial charge in [-0.15, -0.1) is 0 Å². The first-order valence-corrected chi connectivity index (χ1v) is 5.85. The van der Waals surface area contributed by atoms with Gasteiger partial charge in [0.05, 0.1) is 0 Å². The molecule has 1 aromatic heterocycles. The minimum atomic E-state index is -0.250. The molecule has 0 bridgehead atoms. The number of nitrogens with zero attached hydrogens (tertiary/aromatic N) is 2. The second-order valence-corrected chi connectivity index (χ2v) is 5.05. The third-order valence-corrected chi connectivity index (χ3v) is 2.56. The van der Waals surface area contributed by atoms with Gasteiger partial charge in [0, 0.05) is 17.5 Å². The molecular weight excluding hydrogens is 230 g/mol. The van der Waals surface area contributed by atoms with Crippen molar-refractivity contribution in [3.8, 4) is 17.1 Å². The van der Waals surface area contributed by atoms with Gasteiger partial charge >= 0.3 is 0 Å². The van der Waals surface area contributed by atoms with Crippen LogP contribution in [0.1, 0.15) is 26.2 Å². The van der Waals surface area contributed by atoms with Gasteiger partial charge in [-0.2, -0.15) is 4.98 Å². The molecule has 0 saturated heterocycles. The lowest BCUT2D eigenvalue weighted by Crippen LogP contribution is -2.32. The molecule has 0 fully saturated rings. The van der Waals surface area contributed by atoms with Gasteiger partial charge in [0.25, 0.3) is 0 Å². The van der Waals surface area contributed by atoms with Crippen molar-refractivity contribution in [1.82, 2.24) is 10.1 Å². The maximum atomic E-state index is 9.39. The Labute approximate surface area is 106 Å². The molecular formula is C13H17N3O2. The van der Waals surface area contributed by atoms with E-state index in [1.165, 1.54) is 0 Å². The van der Waals surface area contributed by atoms with Crippen molar-refractivity contribution in [2.24, 2.45) is 5.73 Å². The molecule has 5 heteroatoms. The first-order valence-electron chi connectivity index (χ1n) is 5.85. The average Bonchev–Trinajstić information content (AvgIpc) is 2.74. The molecule has 3 N–H and O–H groups in total. The summed E-state index contributed by atoms with van der Waals surface area (Å²) in [7, 11) is 0. The monoisotopic (exact) mass is 247 g/mol. The van der Waals surface area contributed by atoms with E-state index in [0.717, 1.165) is 12.0 Å². The molecule has 96 valence electrons. The minimum Gasteiger partial charge on any atom is -0.508 e. The van der Waals surface area contributed by atoms with Crippen LogP contribution in [0.3, 0.4) is 0 Å². The number of benzene rings is 1. The molecule has 0 unspecified atom stereocenters. The van der Waals surface area contributed by atoms with Crippen molar-refractivity contribution in [1.29, 1.82) is 0 Å². The second kappa shape index (κ2) is 4.78. The fourth-order valence-corrected chi connectivity index (χ4v) is 1.55. The molecule has 0 atom stereocenters. The predicted molar refractivity (Wildman–Crippen MR) is 68.0 cm³/mol. The number of hydrogen-bond donors (Lipinski definition) is 2. The van der Waals surface area contributed by atoms with Gasteiger partial charge in [-0.25, -0.2) is 0 Å². The smallest absolute Gasteiger partial charge is 0.227 e. The van der Waals surface area contributed by atoms with Crippen molar-refractivity contribution in [2.75, 3.05) is 0 Å². The van der Waals surface area contributed by atoms with Crippen LogP contribution in [0.2, 0.25) is 0 Å². The van der Waals surface area contributed by atoms with Crippen LogP contribution in [0.5, 0.6) is 5.75 Å². The van der Waals surface area contributed by atoms with E-state index < -0.39 is 0 Å². The van der Waals surface area contributed by atoms with Gasteiger partial charge in [-0.05, 0) is 32.4 Å². The summed E-state index contributed by atoms with van der Waals surface area (Å²) >= 11 is 0. The molecule has 1 heterocycles. The highest BCUT2D eigenvalue weighted by Crippen LogP contribution is 2.21. The Hall–Kier alpha value is -1.88. The van der Waals surface area contributed by atoms with Crippen molar-refractivity contribution in [3.05, 3.63) is 30.2 Å². The summed E-state index contributed by atoms with van der Waals surface area (Å²) in [6.07, 6.45) is 1.42. The molecule has 0 aliphatic carbocycles. The summed E-state index contributed by atoms with van der Waals surface area (Å²) in [6.45, 7) is 3.92. The summed E-state index contributed by atoms with van der Waals surface area (Å²) in [6, 6.07) is 6.76. The van der Waals surface area contributed by atoms with Crippen LogP contribution in [0.25, 0.3) is 11.4 Å². The van der Waals surface area contributed by atoms with Crippen LogP contribution in [0, 0.1) is 0 Å². The van der Waals surface area contributed by atoms with Gasteiger partial charge in [0.1, 0.15) is 5.75 Å². The third kappa shape index (κ3) is 3.30. The summed E-state index contributed by atoms with van der Waals surface area (Å²) in [5.74, 6) is 1.23. The fraction of sp³-hybridized carbons (Fsp3) is 0.385.